The normalized spacial score (nSPS) is 11.0. The first-order chi connectivity index (χ1) is 22.0. The van der Waals surface area contributed by atoms with Crippen molar-refractivity contribution >= 4 is 41.0 Å². The van der Waals surface area contributed by atoms with Crippen LogP contribution in [0.15, 0.2) is 36.5 Å². The minimum absolute atomic E-state index is 0.00542. The molecule has 3 aromatic rings. The third-order valence-electron chi connectivity index (χ3n) is 5.78. The van der Waals surface area contributed by atoms with E-state index in [1.165, 1.54) is 29.8 Å². The van der Waals surface area contributed by atoms with Crippen molar-refractivity contribution < 1.29 is 59.8 Å². The maximum atomic E-state index is 14.5. The van der Waals surface area contributed by atoms with Crippen molar-refractivity contribution in [1.82, 2.24) is 20.2 Å². The van der Waals surface area contributed by atoms with Crippen molar-refractivity contribution in [3.8, 4) is 17.0 Å². The van der Waals surface area contributed by atoms with Crippen LogP contribution in [0.2, 0.25) is 5.02 Å². The Kier molecular flexibility index (Phi) is 13.9. The summed E-state index contributed by atoms with van der Waals surface area (Å²) in [7, 11) is 1.38. The van der Waals surface area contributed by atoms with Crippen LogP contribution in [0, 0.1) is 11.6 Å². The molecule has 0 fully saturated rings. The Bertz CT molecular complexity index is 1600. The van der Waals surface area contributed by atoms with Gasteiger partial charge in [-0.2, -0.15) is 26.3 Å². The van der Waals surface area contributed by atoms with Crippen molar-refractivity contribution in [3.63, 3.8) is 0 Å². The molecule has 1 heterocycles. The fourth-order valence-corrected chi connectivity index (χ4v) is 3.85. The van der Waals surface area contributed by atoms with Gasteiger partial charge >= 0.3 is 18.8 Å². The second kappa shape index (κ2) is 17.1. The zero-order valence-electron chi connectivity index (χ0n) is 24.1. The fraction of sp³-hybridized carbons (Fsp3) is 0.296. The van der Waals surface area contributed by atoms with Crippen LogP contribution in [-0.2, 0) is 16.6 Å². The number of anilines is 1. The average Bonchev–Trinajstić information content (AvgIpc) is 3.36. The van der Waals surface area contributed by atoms with E-state index in [2.05, 4.69) is 25.7 Å². The predicted octanol–water partition coefficient (Wildman–Crippen LogP) is 4.09. The van der Waals surface area contributed by atoms with Crippen LogP contribution >= 0.6 is 11.6 Å². The number of ether oxygens (including phenoxy) is 1. The molecule has 0 saturated carbocycles. The van der Waals surface area contributed by atoms with Crippen molar-refractivity contribution in [1.29, 1.82) is 0 Å². The highest BCUT2D eigenvalue weighted by Gasteiger charge is 2.38. The second-order valence-electron chi connectivity index (χ2n) is 9.09. The van der Waals surface area contributed by atoms with Gasteiger partial charge in [-0.15, -0.1) is 0 Å². The summed E-state index contributed by atoms with van der Waals surface area (Å²) >= 11 is 6.23. The van der Waals surface area contributed by atoms with Gasteiger partial charge in [-0.05, 0) is 36.8 Å². The lowest BCUT2D eigenvalue weighted by Crippen LogP contribution is -2.30. The van der Waals surface area contributed by atoms with E-state index in [1.54, 1.807) is 0 Å². The molecule has 0 spiro atoms. The van der Waals surface area contributed by atoms with E-state index >= 15 is 0 Å². The minimum Gasteiger partial charge on any atom is -0.475 e. The van der Waals surface area contributed by atoms with Crippen LogP contribution in [0.3, 0.4) is 0 Å². The van der Waals surface area contributed by atoms with Crippen LogP contribution in [-0.4, -0.2) is 70.8 Å². The number of aromatic nitrogens is 2. The highest BCUT2D eigenvalue weighted by atomic mass is 35.5. The molecule has 2 aromatic carbocycles. The third-order valence-corrected chi connectivity index (χ3v) is 6.09. The van der Waals surface area contributed by atoms with Crippen LogP contribution in [0.25, 0.3) is 11.3 Å². The quantitative estimate of drug-likeness (QED) is 0.139. The molecular weight excluding hydrogens is 673 g/mol. The topological polar surface area (TPSA) is 178 Å². The summed E-state index contributed by atoms with van der Waals surface area (Å²) in [5, 5.41) is 15.1. The molecule has 0 aliphatic carbocycles. The Balaban J connectivity index is 0.000000984. The zero-order valence-corrected chi connectivity index (χ0v) is 24.8. The molecular formula is C27H26ClF7N6O6. The van der Waals surface area contributed by atoms with Crippen LogP contribution < -0.4 is 26.4 Å². The molecule has 0 bridgehead atoms. The Morgan fingerprint density at radius 1 is 1.04 bits per heavy atom. The van der Waals surface area contributed by atoms with Gasteiger partial charge in [0.05, 0.1) is 22.5 Å². The summed E-state index contributed by atoms with van der Waals surface area (Å²) in [5.41, 5.74) is 5.34. The first kappa shape index (κ1) is 38.3. The van der Waals surface area contributed by atoms with E-state index in [1.807, 2.05) is 0 Å². The lowest BCUT2D eigenvalue weighted by Gasteiger charge is -2.11. The smallest absolute Gasteiger partial charge is 0.475 e. The summed E-state index contributed by atoms with van der Waals surface area (Å²) in [6.07, 6.45) is -3.26. The lowest BCUT2D eigenvalue weighted by molar-refractivity contribution is -0.192. The Hall–Kier alpha value is -4.91. The molecule has 0 atom stereocenters. The fourth-order valence-electron chi connectivity index (χ4n) is 3.58. The van der Waals surface area contributed by atoms with E-state index in [4.69, 9.17) is 27.2 Å². The number of carboxylic acid groups (broad SMARTS) is 1. The SMILES string of the molecule is Cn1c(-c2ccc(OC(F)F)c(F)c2F)cnc1C(=O)Nc1ccc(C(=O)NCCCNC(=O)CCN)c(Cl)c1.O=C(O)C(F)(F)F. The van der Waals surface area contributed by atoms with Crippen LogP contribution in [0.5, 0.6) is 5.75 Å². The van der Waals surface area contributed by atoms with Crippen LogP contribution in [0.4, 0.5) is 36.4 Å². The predicted molar refractivity (Wildman–Crippen MR) is 152 cm³/mol. The molecule has 47 heavy (non-hydrogen) atoms. The number of carbonyl (C=O) groups is 4. The highest BCUT2D eigenvalue weighted by molar-refractivity contribution is 6.34. The van der Waals surface area contributed by atoms with Crippen molar-refractivity contribution in [2.75, 3.05) is 25.0 Å². The molecule has 0 aliphatic heterocycles. The number of nitrogens with two attached hydrogens (primary N) is 1. The Labute approximate surface area is 266 Å². The highest BCUT2D eigenvalue weighted by Crippen LogP contribution is 2.31. The summed E-state index contributed by atoms with van der Waals surface area (Å²) in [4.78, 5) is 49.4. The number of carboxylic acids is 1. The molecule has 12 nitrogen and oxygen atoms in total. The Morgan fingerprint density at radius 2 is 1.68 bits per heavy atom. The van der Waals surface area contributed by atoms with Gasteiger partial charge < -0.3 is 36.1 Å². The van der Waals surface area contributed by atoms with Gasteiger partial charge in [0.2, 0.25) is 11.7 Å². The van der Waals surface area contributed by atoms with Gasteiger partial charge in [-0.3, -0.25) is 14.4 Å². The number of hydrogen-bond acceptors (Lipinski definition) is 7. The first-order valence-electron chi connectivity index (χ1n) is 13.1. The molecule has 3 rings (SSSR count). The van der Waals surface area contributed by atoms with Gasteiger partial charge in [0.15, 0.2) is 17.4 Å². The van der Waals surface area contributed by atoms with E-state index in [-0.39, 0.29) is 58.8 Å². The van der Waals surface area contributed by atoms with E-state index in [0.717, 1.165) is 18.3 Å². The van der Waals surface area contributed by atoms with E-state index < -0.39 is 48.0 Å². The number of benzene rings is 2. The number of hydrogen-bond donors (Lipinski definition) is 5. The number of carbonyl (C=O) groups excluding carboxylic acids is 3. The van der Waals surface area contributed by atoms with Gasteiger partial charge in [0.1, 0.15) is 0 Å². The van der Waals surface area contributed by atoms with E-state index in [9.17, 15) is 45.1 Å². The minimum atomic E-state index is -5.08. The van der Waals surface area contributed by atoms with Crippen molar-refractivity contribution in [3.05, 3.63) is 64.6 Å². The van der Waals surface area contributed by atoms with Gasteiger partial charge in [0.25, 0.3) is 11.8 Å². The number of amides is 3. The number of nitrogens with one attached hydrogen (secondary N) is 3. The third kappa shape index (κ3) is 11.1. The summed E-state index contributed by atoms with van der Waals surface area (Å²) in [6, 6.07) is 6.06. The molecule has 20 heteroatoms. The van der Waals surface area contributed by atoms with Crippen LogP contribution in [0.1, 0.15) is 33.8 Å². The zero-order chi connectivity index (χ0) is 35.5. The molecule has 0 saturated heterocycles. The second-order valence-corrected chi connectivity index (χ2v) is 9.50. The maximum Gasteiger partial charge on any atom is 0.490 e. The number of nitrogens with zero attached hydrogens (tertiary/aromatic N) is 2. The summed E-state index contributed by atoms with van der Waals surface area (Å²) in [5.74, 6) is -8.32. The molecule has 0 unspecified atom stereocenters. The van der Waals surface area contributed by atoms with Gasteiger partial charge in [-0.25, -0.2) is 14.2 Å². The lowest BCUT2D eigenvalue weighted by atomic mass is 10.1. The standard InChI is InChI=1S/C25H25ClF4N6O4.C2HF3O2/c1-36-17(15-5-6-18(40-25(29)30)21(28)20(15)27)12-34-22(36)24(39)35-13-3-4-14(16(26)11-13)23(38)33-10-2-9-32-19(37)7-8-31;3-2(4,5)1(6)7/h3-6,11-12,25H,2,7-10,31H2,1H3,(H,32,37)(H,33,38)(H,35,39);(H,6,7). The number of imidazole rings is 1. The molecule has 0 radical (unpaired) electrons. The molecule has 256 valence electrons. The maximum absolute atomic E-state index is 14.5. The number of halogens is 8. The van der Waals surface area contributed by atoms with Gasteiger partial charge in [0, 0.05) is 44.4 Å². The molecule has 3 amide bonds. The average molecular weight is 699 g/mol. The summed E-state index contributed by atoms with van der Waals surface area (Å²) < 4.78 is 90.4. The Morgan fingerprint density at radius 3 is 2.26 bits per heavy atom. The van der Waals surface area contributed by atoms with Crippen molar-refractivity contribution in [2.24, 2.45) is 12.8 Å². The molecule has 6 N–H and O–H groups in total. The first-order valence-corrected chi connectivity index (χ1v) is 13.5. The number of alkyl halides is 5. The van der Waals surface area contributed by atoms with E-state index in [0.29, 0.717) is 13.0 Å². The monoisotopic (exact) mass is 698 g/mol. The summed E-state index contributed by atoms with van der Waals surface area (Å²) in [6.45, 7) is -2.44. The molecule has 1 aromatic heterocycles. The van der Waals surface area contributed by atoms with Gasteiger partial charge in [-0.1, -0.05) is 11.6 Å². The largest absolute Gasteiger partial charge is 0.490 e. The number of rotatable bonds is 12. The molecule has 0 aliphatic rings. The van der Waals surface area contributed by atoms with Crippen molar-refractivity contribution in [2.45, 2.75) is 25.6 Å². The number of aliphatic carboxylic acids is 1.